The van der Waals surface area contributed by atoms with Gasteiger partial charge in [0, 0.05) is 0 Å². The van der Waals surface area contributed by atoms with Crippen LogP contribution < -0.4 is 5.32 Å². The number of carbonyl (C=O) groups excluding carboxylic acids is 1. The van der Waals surface area contributed by atoms with Crippen molar-refractivity contribution in [3.8, 4) is 11.8 Å². The first-order valence-electron chi connectivity index (χ1n) is 6.24. The lowest BCUT2D eigenvalue weighted by atomic mass is 10.1. The van der Waals surface area contributed by atoms with Crippen LogP contribution in [0.2, 0.25) is 0 Å². The fourth-order valence-corrected chi connectivity index (χ4v) is 1.70. The molecule has 0 aliphatic heterocycles. The van der Waals surface area contributed by atoms with Gasteiger partial charge in [-0.25, -0.2) is 4.68 Å². The van der Waals surface area contributed by atoms with Crippen LogP contribution in [0.4, 0.5) is 0 Å². The Hall–Kier alpha value is -2.75. The molecule has 1 N–H and O–H groups in total. The second kappa shape index (κ2) is 6.43. The number of hydrogen-bond donors (Lipinski definition) is 1. The summed E-state index contributed by atoms with van der Waals surface area (Å²) in [6.45, 7) is 1.86. The number of hydrogen-bond acceptors (Lipinski definition) is 5. The first-order chi connectivity index (χ1) is 9.72. The van der Waals surface area contributed by atoms with Gasteiger partial charge < -0.3 is 5.32 Å². The molecule has 1 aromatic heterocycles. The van der Waals surface area contributed by atoms with Crippen molar-refractivity contribution in [1.82, 2.24) is 25.5 Å². The van der Waals surface area contributed by atoms with Crippen LogP contribution in [0.1, 0.15) is 18.9 Å². The van der Waals surface area contributed by atoms with Crippen molar-refractivity contribution in [3.63, 3.8) is 0 Å². The summed E-state index contributed by atoms with van der Waals surface area (Å²) in [7, 11) is 0. The third-order valence-corrected chi connectivity index (χ3v) is 2.81. The van der Waals surface area contributed by atoms with Crippen molar-refractivity contribution in [2.75, 3.05) is 0 Å². The molecular formula is C13H14N6O. The monoisotopic (exact) mass is 270 g/mol. The van der Waals surface area contributed by atoms with E-state index in [1.165, 1.54) is 11.0 Å². The Morgan fingerprint density at radius 1 is 1.45 bits per heavy atom. The van der Waals surface area contributed by atoms with Crippen molar-refractivity contribution < 1.29 is 4.79 Å². The number of nitrogens with one attached hydrogen (secondary N) is 1. The molecule has 2 aromatic rings. The number of carbonyl (C=O) groups is 1. The van der Waals surface area contributed by atoms with E-state index in [2.05, 4.69) is 20.8 Å². The van der Waals surface area contributed by atoms with Crippen LogP contribution in [0.3, 0.4) is 0 Å². The number of benzene rings is 1. The van der Waals surface area contributed by atoms with Crippen LogP contribution in [-0.4, -0.2) is 32.2 Å². The minimum absolute atomic E-state index is 0.159. The minimum Gasteiger partial charge on any atom is -0.340 e. The van der Waals surface area contributed by atoms with Crippen LogP contribution in [-0.2, 0) is 11.2 Å². The van der Waals surface area contributed by atoms with E-state index in [0.29, 0.717) is 6.42 Å². The minimum atomic E-state index is -0.428. The standard InChI is InChI=1S/C13H14N6O/c1-2-11(8-14)16-13(20)7-10-3-5-12(6-4-10)19-9-15-17-18-19/h3-6,9,11H,2,7H2,1H3,(H,16,20)/t11-/m1/s1. The van der Waals surface area contributed by atoms with Gasteiger partial charge in [0.25, 0.3) is 0 Å². The van der Waals surface area contributed by atoms with Gasteiger partial charge in [-0.1, -0.05) is 19.1 Å². The maximum absolute atomic E-state index is 11.8. The molecule has 20 heavy (non-hydrogen) atoms. The largest absolute Gasteiger partial charge is 0.340 e. The number of amides is 1. The highest BCUT2D eigenvalue weighted by atomic mass is 16.1. The van der Waals surface area contributed by atoms with Crippen molar-refractivity contribution >= 4 is 5.91 Å². The molecular weight excluding hydrogens is 256 g/mol. The first-order valence-corrected chi connectivity index (χ1v) is 6.24. The van der Waals surface area contributed by atoms with Gasteiger partial charge in [-0.05, 0) is 34.5 Å². The Bertz CT molecular complexity index is 599. The van der Waals surface area contributed by atoms with E-state index in [-0.39, 0.29) is 12.3 Å². The molecule has 1 aromatic carbocycles. The Labute approximate surface area is 116 Å². The fourth-order valence-electron chi connectivity index (χ4n) is 1.70. The average Bonchev–Trinajstić information content (AvgIpc) is 2.99. The number of nitrogens with zero attached hydrogens (tertiary/aromatic N) is 5. The molecule has 1 amide bonds. The molecule has 0 unspecified atom stereocenters. The van der Waals surface area contributed by atoms with E-state index in [9.17, 15) is 4.79 Å². The molecule has 102 valence electrons. The van der Waals surface area contributed by atoms with E-state index in [0.717, 1.165) is 11.3 Å². The van der Waals surface area contributed by atoms with Gasteiger partial charge in [0.1, 0.15) is 12.4 Å². The molecule has 0 bridgehead atoms. The molecule has 0 saturated heterocycles. The Balaban J connectivity index is 1.97. The SMILES string of the molecule is CC[C@H](C#N)NC(=O)Cc1ccc(-n2cnnn2)cc1. The van der Waals surface area contributed by atoms with E-state index < -0.39 is 6.04 Å². The summed E-state index contributed by atoms with van der Waals surface area (Å²) in [6.07, 6.45) is 2.34. The van der Waals surface area contributed by atoms with Crippen LogP contribution in [0.15, 0.2) is 30.6 Å². The predicted octanol–water partition coefficient (Wildman–Crippen LogP) is 0.623. The maximum atomic E-state index is 11.8. The smallest absolute Gasteiger partial charge is 0.225 e. The third kappa shape index (κ3) is 3.38. The van der Waals surface area contributed by atoms with Crippen LogP contribution in [0, 0.1) is 11.3 Å². The molecule has 2 rings (SSSR count). The van der Waals surface area contributed by atoms with Crippen molar-refractivity contribution in [3.05, 3.63) is 36.2 Å². The molecule has 0 fully saturated rings. The highest BCUT2D eigenvalue weighted by molar-refractivity contribution is 5.79. The number of tetrazole rings is 1. The van der Waals surface area contributed by atoms with Crippen molar-refractivity contribution in [2.24, 2.45) is 0 Å². The van der Waals surface area contributed by atoms with Crippen LogP contribution >= 0.6 is 0 Å². The number of aromatic nitrogens is 4. The average molecular weight is 270 g/mol. The van der Waals surface area contributed by atoms with Gasteiger partial charge in [0.15, 0.2) is 0 Å². The molecule has 7 nitrogen and oxygen atoms in total. The molecule has 1 heterocycles. The van der Waals surface area contributed by atoms with Crippen LogP contribution in [0.5, 0.6) is 0 Å². The van der Waals surface area contributed by atoms with Gasteiger partial charge in [-0.3, -0.25) is 4.79 Å². The zero-order valence-electron chi connectivity index (χ0n) is 11.0. The summed E-state index contributed by atoms with van der Waals surface area (Å²) >= 11 is 0. The summed E-state index contributed by atoms with van der Waals surface area (Å²) in [5.74, 6) is -0.159. The Kier molecular flexibility index (Phi) is 4.39. The molecule has 0 radical (unpaired) electrons. The zero-order chi connectivity index (χ0) is 14.4. The highest BCUT2D eigenvalue weighted by Gasteiger charge is 2.09. The highest BCUT2D eigenvalue weighted by Crippen LogP contribution is 2.08. The van der Waals surface area contributed by atoms with Gasteiger partial charge in [0.2, 0.25) is 5.91 Å². The second-order valence-electron chi connectivity index (χ2n) is 4.26. The molecule has 0 aliphatic rings. The fraction of sp³-hybridized carbons (Fsp3) is 0.308. The van der Waals surface area contributed by atoms with Crippen molar-refractivity contribution in [1.29, 1.82) is 5.26 Å². The maximum Gasteiger partial charge on any atom is 0.225 e. The van der Waals surface area contributed by atoms with E-state index in [4.69, 9.17) is 5.26 Å². The van der Waals surface area contributed by atoms with Gasteiger partial charge in [0.05, 0.1) is 18.2 Å². The zero-order valence-corrected chi connectivity index (χ0v) is 11.0. The first kappa shape index (κ1) is 13.7. The third-order valence-electron chi connectivity index (χ3n) is 2.81. The summed E-state index contributed by atoms with van der Waals surface area (Å²) in [6, 6.07) is 8.95. The molecule has 0 aliphatic carbocycles. The summed E-state index contributed by atoms with van der Waals surface area (Å²) < 4.78 is 1.53. The van der Waals surface area contributed by atoms with E-state index in [1.54, 1.807) is 0 Å². The van der Waals surface area contributed by atoms with E-state index >= 15 is 0 Å². The number of nitriles is 1. The summed E-state index contributed by atoms with van der Waals surface area (Å²) in [5.41, 5.74) is 1.69. The lowest BCUT2D eigenvalue weighted by Gasteiger charge is -2.09. The quantitative estimate of drug-likeness (QED) is 0.859. The predicted molar refractivity (Wildman–Crippen MR) is 70.7 cm³/mol. The van der Waals surface area contributed by atoms with E-state index in [1.807, 2.05) is 37.3 Å². The van der Waals surface area contributed by atoms with Gasteiger partial charge in [-0.15, -0.1) is 5.10 Å². The lowest BCUT2D eigenvalue weighted by Crippen LogP contribution is -2.34. The molecule has 0 saturated carbocycles. The number of rotatable bonds is 5. The van der Waals surface area contributed by atoms with Crippen molar-refractivity contribution in [2.45, 2.75) is 25.8 Å². The second-order valence-corrected chi connectivity index (χ2v) is 4.26. The Morgan fingerprint density at radius 2 is 2.20 bits per heavy atom. The van der Waals surface area contributed by atoms with Crippen LogP contribution in [0.25, 0.3) is 5.69 Å². The lowest BCUT2D eigenvalue weighted by molar-refractivity contribution is -0.120. The molecule has 7 heteroatoms. The molecule has 0 spiro atoms. The normalized spacial score (nSPS) is 11.6. The summed E-state index contributed by atoms with van der Waals surface area (Å²) in [4.78, 5) is 11.8. The summed E-state index contributed by atoms with van der Waals surface area (Å²) in [5, 5.41) is 22.4. The van der Waals surface area contributed by atoms with Gasteiger partial charge >= 0.3 is 0 Å². The topological polar surface area (TPSA) is 96.5 Å². The Morgan fingerprint density at radius 3 is 2.75 bits per heavy atom. The van der Waals surface area contributed by atoms with Gasteiger partial charge in [-0.2, -0.15) is 5.26 Å². The molecule has 1 atom stereocenters.